The molecular weight excluding hydrogens is 336 g/mol. The highest BCUT2D eigenvalue weighted by atomic mass is 32.2. The van der Waals surface area contributed by atoms with Crippen LogP contribution in [0.5, 0.6) is 0 Å². The Kier molecular flexibility index (Phi) is 5.23. The lowest BCUT2D eigenvalue weighted by Gasteiger charge is -2.23. The van der Waals surface area contributed by atoms with Gasteiger partial charge in [-0.3, -0.25) is 0 Å². The van der Waals surface area contributed by atoms with E-state index in [-0.39, 0.29) is 0 Å². The highest BCUT2D eigenvalue weighted by Crippen LogP contribution is 2.33. The Morgan fingerprint density at radius 1 is 0.652 bits per heavy atom. The molecular formula is C16H18O5S2. The number of hydrogen-bond donors (Lipinski definition) is 0. The van der Waals surface area contributed by atoms with Crippen molar-refractivity contribution in [1.82, 2.24) is 0 Å². The standard InChI is InChI=1S/C16H18O5S2/c1-22(17,18)15(13-9-5-3-6-10-13)21-16(23(2,19)20)14-11-7-4-8-12-14/h3-12,15-16H,1-2H3. The number of sulfone groups is 2. The molecule has 2 aromatic rings. The van der Waals surface area contributed by atoms with Crippen LogP contribution in [0.3, 0.4) is 0 Å². The first kappa shape index (κ1) is 17.7. The predicted octanol–water partition coefficient (Wildman–Crippen LogP) is 2.49. The Morgan fingerprint density at radius 3 is 1.22 bits per heavy atom. The molecule has 23 heavy (non-hydrogen) atoms. The fourth-order valence-electron chi connectivity index (χ4n) is 2.19. The van der Waals surface area contributed by atoms with Gasteiger partial charge in [0.05, 0.1) is 0 Å². The summed E-state index contributed by atoms with van der Waals surface area (Å²) in [6.07, 6.45) is 2.05. The summed E-state index contributed by atoms with van der Waals surface area (Å²) < 4.78 is 54.0. The van der Waals surface area contributed by atoms with Crippen LogP contribution in [-0.4, -0.2) is 29.3 Å². The van der Waals surface area contributed by atoms with Gasteiger partial charge in [-0.15, -0.1) is 0 Å². The van der Waals surface area contributed by atoms with E-state index in [1.54, 1.807) is 60.7 Å². The third-order valence-electron chi connectivity index (χ3n) is 3.17. The minimum absolute atomic E-state index is 0.389. The first-order valence-electron chi connectivity index (χ1n) is 6.82. The van der Waals surface area contributed by atoms with E-state index in [4.69, 9.17) is 4.74 Å². The second-order valence-electron chi connectivity index (χ2n) is 5.28. The highest BCUT2D eigenvalue weighted by Gasteiger charge is 2.32. The summed E-state index contributed by atoms with van der Waals surface area (Å²) >= 11 is 0. The largest absolute Gasteiger partial charge is 0.334 e. The highest BCUT2D eigenvalue weighted by molar-refractivity contribution is 7.91. The van der Waals surface area contributed by atoms with E-state index < -0.39 is 30.5 Å². The Bertz CT molecular complexity index is 770. The molecule has 0 heterocycles. The van der Waals surface area contributed by atoms with Gasteiger partial charge in [-0.05, 0) is 11.1 Å². The van der Waals surface area contributed by atoms with Crippen molar-refractivity contribution in [3.8, 4) is 0 Å². The first-order chi connectivity index (χ1) is 10.7. The van der Waals surface area contributed by atoms with Gasteiger partial charge in [0.1, 0.15) is 0 Å². The average Bonchev–Trinajstić information content (AvgIpc) is 2.47. The van der Waals surface area contributed by atoms with E-state index in [2.05, 4.69) is 0 Å². The van der Waals surface area contributed by atoms with Crippen LogP contribution in [0.1, 0.15) is 22.0 Å². The topological polar surface area (TPSA) is 77.5 Å². The van der Waals surface area contributed by atoms with Crippen molar-refractivity contribution in [1.29, 1.82) is 0 Å². The van der Waals surface area contributed by atoms with E-state index in [9.17, 15) is 16.8 Å². The van der Waals surface area contributed by atoms with E-state index in [0.29, 0.717) is 11.1 Å². The zero-order chi connectivity index (χ0) is 17.1. The van der Waals surface area contributed by atoms with Gasteiger partial charge in [0.15, 0.2) is 30.5 Å². The first-order valence-corrected chi connectivity index (χ1v) is 10.7. The number of ether oxygens (including phenoxy) is 1. The van der Waals surface area contributed by atoms with Gasteiger partial charge in [-0.1, -0.05) is 60.7 Å². The van der Waals surface area contributed by atoms with E-state index in [0.717, 1.165) is 12.5 Å². The molecule has 0 spiro atoms. The van der Waals surface area contributed by atoms with Gasteiger partial charge in [-0.25, -0.2) is 16.8 Å². The molecule has 0 aromatic heterocycles. The average molecular weight is 354 g/mol. The smallest absolute Gasteiger partial charge is 0.185 e. The van der Waals surface area contributed by atoms with Crippen molar-refractivity contribution >= 4 is 19.7 Å². The summed E-state index contributed by atoms with van der Waals surface area (Å²) in [7, 11) is -7.34. The molecule has 0 N–H and O–H groups in total. The molecule has 0 amide bonds. The molecule has 7 heteroatoms. The molecule has 2 unspecified atom stereocenters. The van der Waals surface area contributed by atoms with Crippen LogP contribution in [0.2, 0.25) is 0 Å². The summed E-state index contributed by atoms with van der Waals surface area (Å²) in [4.78, 5) is 0. The lowest BCUT2D eigenvalue weighted by molar-refractivity contribution is 0.0791. The maximum Gasteiger partial charge on any atom is 0.185 e. The lowest BCUT2D eigenvalue weighted by Crippen LogP contribution is -2.23. The molecule has 2 aromatic carbocycles. The van der Waals surface area contributed by atoms with Crippen LogP contribution in [-0.2, 0) is 24.4 Å². The van der Waals surface area contributed by atoms with Crippen LogP contribution in [0.15, 0.2) is 60.7 Å². The fraction of sp³-hybridized carbons (Fsp3) is 0.250. The molecule has 124 valence electrons. The third kappa shape index (κ3) is 4.63. The van der Waals surface area contributed by atoms with Gasteiger partial charge in [-0.2, -0.15) is 0 Å². The molecule has 0 aliphatic heterocycles. The van der Waals surface area contributed by atoms with Crippen LogP contribution < -0.4 is 0 Å². The zero-order valence-electron chi connectivity index (χ0n) is 12.8. The van der Waals surface area contributed by atoms with Crippen molar-refractivity contribution < 1.29 is 21.6 Å². The lowest BCUT2D eigenvalue weighted by atomic mass is 10.2. The summed E-state index contributed by atoms with van der Waals surface area (Å²) in [5.41, 5.74) is -1.94. The van der Waals surface area contributed by atoms with Crippen molar-refractivity contribution in [3.05, 3.63) is 71.8 Å². The molecule has 5 nitrogen and oxygen atoms in total. The molecule has 0 aliphatic rings. The van der Waals surface area contributed by atoms with E-state index in [1.165, 1.54) is 0 Å². The van der Waals surface area contributed by atoms with Gasteiger partial charge in [0.25, 0.3) is 0 Å². The van der Waals surface area contributed by atoms with Gasteiger partial charge < -0.3 is 4.74 Å². The normalized spacial score (nSPS) is 15.0. The Labute approximate surface area is 136 Å². The second kappa shape index (κ2) is 6.82. The molecule has 0 saturated heterocycles. The van der Waals surface area contributed by atoms with Gasteiger partial charge >= 0.3 is 0 Å². The molecule has 2 rings (SSSR count). The van der Waals surface area contributed by atoms with Crippen LogP contribution in [0.4, 0.5) is 0 Å². The summed E-state index contributed by atoms with van der Waals surface area (Å²) in [6.45, 7) is 0. The van der Waals surface area contributed by atoms with E-state index in [1.807, 2.05) is 0 Å². The van der Waals surface area contributed by atoms with Crippen molar-refractivity contribution in [2.45, 2.75) is 10.9 Å². The minimum Gasteiger partial charge on any atom is -0.334 e. The van der Waals surface area contributed by atoms with Crippen LogP contribution in [0.25, 0.3) is 0 Å². The van der Waals surface area contributed by atoms with Crippen molar-refractivity contribution in [2.24, 2.45) is 0 Å². The number of rotatable bonds is 6. The molecule has 0 bridgehead atoms. The number of benzene rings is 2. The third-order valence-corrected chi connectivity index (χ3v) is 5.49. The molecule has 2 atom stereocenters. The summed E-state index contributed by atoms with van der Waals surface area (Å²) in [5, 5.41) is 0. The van der Waals surface area contributed by atoms with Crippen molar-refractivity contribution in [2.75, 3.05) is 12.5 Å². The predicted molar refractivity (Wildman–Crippen MR) is 89.1 cm³/mol. The summed E-state index contributed by atoms with van der Waals surface area (Å²) in [5.74, 6) is 0. The zero-order valence-corrected chi connectivity index (χ0v) is 14.4. The Hall–Kier alpha value is -1.70. The van der Waals surface area contributed by atoms with E-state index >= 15 is 0 Å². The molecule has 0 saturated carbocycles. The van der Waals surface area contributed by atoms with Crippen molar-refractivity contribution in [3.63, 3.8) is 0 Å². The van der Waals surface area contributed by atoms with Crippen LogP contribution in [0, 0.1) is 0 Å². The van der Waals surface area contributed by atoms with Gasteiger partial charge in [0.2, 0.25) is 0 Å². The summed E-state index contributed by atoms with van der Waals surface area (Å²) in [6, 6.07) is 16.6. The molecule has 0 aliphatic carbocycles. The minimum atomic E-state index is -3.67. The molecule has 0 fully saturated rings. The molecule has 0 radical (unpaired) electrons. The quantitative estimate of drug-likeness (QED) is 0.796. The monoisotopic (exact) mass is 354 g/mol. The maximum absolute atomic E-state index is 12.1. The Morgan fingerprint density at radius 2 is 0.957 bits per heavy atom. The fourth-order valence-corrected chi connectivity index (χ4v) is 4.19. The van der Waals surface area contributed by atoms with Crippen LogP contribution >= 0.6 is 0 Å². The maximum atomic E-state index is 12.1. The van der Waals surface area contributed by atoms with Gasteiger partial charge in [0, 0.05) is 12.5 Å². The Balaban J connectivity index is 2.48. The SMILES string of the molecule is CS(=O)(=O)C(OC(c1ccccc1)S(C)(=O)=O)c1ccccc1. The second-order valence-corrected chi connectivity index (χ2v) is 9.45. The number of hydrogen-bond acceptors (Lipinski definition) is 5.